The number of fused-ring (bicyclic) bond motifs is 1. The van der Waals surface area contributed by atoms with E-state index in [1.54, 1.807) is 13.0 Å². The van der Waals surface area contributed by atoms with E-state index in [0.717, 1.165) is 33.3 Å². The maximum atomic E-state index is 11.9. The molecular formula is C16H16N4O3S2. The maximum absolute atomic E-state index is 11.9. The summed E-state index contributed by atoms with van der Waals surface area (Å²) in [5, 5.41) is 19.1. The molecule has 3 aromatic heterocycles. The first-order valence-electron chi connectivity index (χ1n) is 7.44. The van der Waals surface area contributed by atoms with Crippen molar-refractivity contribution in [1.29, 1.82) is 0 Å². The summed E-state index contributed by atoms with van der Waals surface area (Å²) in [4.78, 5) is 26.8. The van der Waals surface area contributed by atoms with Crippen molar-refractivity contribution in [3.63, 3.8) is 0 Å². The highest BCUT2D eigenvalue weighted by molar-refractivity contribution is 7.98. The van der Waals surface area contributed by atoms with Gasteiger partial charge in [0.05, 0.1) is 0 Å². The van der Waals surface area contributed by atoms with Crippen LogP contribution in [0.15, 0.2) is 28.7 Å². The van der Waals surface area contributed by atoms with E-state index in [4.69, 9.17) is 0 Å². The van der Waals surface area contributed by atoms with Crippen LogP contribution in [0.3, 0.4) is 0 Å². The molecule has 7 nitrogen and oxygen atoms in total. The van der Waals surface area contributed by atoms with Crippen molar-refractivity contribution in [2.24, 2.45) is 0 Å². The van der Waals surface area contributed by atoms with Crippen molar-refractivity contribution in [1.82, 2.24) is 19.7 Å². The number of hydrogen-bond donors (Lipinski definition) is 2. The molecule has 0 spiro atoms. The molecule has 0 bridgehead atoms. The lowest BCUT2D eigenvalue weighted by Gasteiger charge is -2.06. The molecule has 3 rings (SSSR count). The van der Waals surface area contributed by atoms with Gasteiger partial charge in [0, 0.05) is 23.8 Å². The molecule has 3 aromatic rings. The number of rotatable bonds is 6. The molecule has 0 aliphatic heterocycles. The zero-order chi connectivity index (χ0) is 18.1. The van der Waals surface area contributed by atoms with Gasteiger partial charge >= 0.3 is 5.97 Å². The summed E-state index contributed by atoms with van der Waals surface area (Å²) in [6, 6.07) is 1.52. The fourth-order valence-electron chi connectivity index (χ4n) is 2.63. The van der Waals surface area contributed by atoms with Gasteiger partial charge in [0.2, 0.25) is 5.56 Å². The fraction of sp³-hybridized carbons (Fsp3) is 0.250. The average Bonchev–Trinajstić information content (AvgIpc) is 3.07. The molecule has 0 fully saturated rings. The van der Waals surface area contributed by atoms with Crippen LogP contribution < -0.4 is 5.56 Å². The van der Waals surface area contributed by atoms with E-state index >= 15 is 0 Å². The Morgan fingerprint density at radius 1 is 1.48 bits per heavy atom. The second-order valence-corrected chi connectivity index (χ2v) is 7.41. The zero-order valence-corrected chi connectivity index (χ0v) is 15.3. The molecule has 0 aliphatic carbocycles. The SMILES string of the molecule is C=CCn1c(C)nnc1SCc1cc(=O)[nH]c2sc(C(=O)O)c(C)c12. The third-order valence-electron chi connectivity index (χ3n) is 3.77. The van der Waals surface area contributed by atoms with Gasteiger partial charge in [-0.1, -0.05) is 17.8 Å². The standard InChI is InChI=1S/C16H16N4O3S2/c1-4-5-20-9(3)18-19-16(20)24-7-10-6-11(21)17-14-12(10)8(2)13(25-14)15(22)23/h4,6H,1,5,7H2,2-3H3,(H,17,21)(H,22,23). The molecule has 0 atom stereocenters. The smallest absolute Gasteiger partial charge is 0.346 e. The Morgan fingerprint density at radius 3 is 2.92 bits per heavy atom. The third-order valence-corrected chi connectivity index (χ3v) is 5.99. The van der Waals surface area contributed by atoms with Gasteiger partial charge in [0.1, 0.15) is 15.5 Å². The molecule has 130 valence electrons. The quantitative estimate of drug-likeness (QED) is 0.507. The highest BCUT2D eigenvalue weighted by atomic mass is 32.2. The number of thioether (sulfide) groups is 1. The van der Waals surface area contributed by atoms with Crippen LogP contribution in [0.2, 0.25) is 0 Å². The Kier molecular flexibility index (Phi) is 4.78. The first-order chi connectivity index (χ1) is 11.9. The fourth-order valence-corrected chi connectivity index (χ4v) is 4.69. The summed E-state index contributed by atoms with van der Waals surface area (Å²) in [5.41, 5.74) is 1.21. The number of aromatic carboxylic acids is 1. The van der Waals surface area contributed by atoms with Gasteiger partial charge in [-0.05, 0) is 25.0 Å². The molecule has 2 N–H and O–H groups in total. The van der Waals surface area contributed by atoms with Crippen LogP contribution in [0.1, 0.15) is 26.6 Å². The van der Waals surface area contributed by atoms with E-state index in [1.165, 1.54) is 17.8 Å². The summed E-state index contributed by atoms with van der Waals surface area (Å²) in [6.45, 7) is 7.97. The second kappa shape index (κ2) is 6.85. The highest BCUT2D eigenvalue weighted by Gasteiger charge is 2.19. The van der Waals surface area contributed by atoms with E-state index in [-0.39, 0.29) is 10.4 Å². The predicted molar refractivity (Wildman–Crippen MR) is 98.7 cm³/mol. The predicted octanol–water partition coefficient (Wildman–Crippen LogP) is 2.97. The number of aromatic nitrogens is 4. The Balaban J connectivity index is 2.00. The molecule has 0 unspecified atom stereocenters. The first kappa shape index (κ1) is 17.4. The number of hydrogen-bond acceptors (Lipinski definition) is 6. The van der Waals surface area contributed by atoms with Crippen LogP contribution in [0, 0.1) is 13.8 Å². The normalized spacial score (nSPS) is 11.1. The molecule has 0 aliphatic rings. The van der Waals surface area contributed by atoms with Gasteiger partial charge in [0.25, 0.3) is 0 Å². The van der Waals surface area contributed by atoms with Crippen molar-refractivity contribution in [3.8, 4) is 0 Å². The lowest BCUT2D eigenvalue weighted by atomic mass is 10.1. The summed E-state index contributed by atoms with van der Waals surface area (Å²) < 4.78 is 1.94. The van der Waals surface area contributed by atoms with Gasteiger partial charge in [-0.3, -0.25) is 4.79 Å². The molecule has 0 saturated carbocycles. The van der Waals surface area contributed by atoms with Crippen LogP contribution in [-0.4, -0.2) is 30.8 Å². The number of aromatic amines is 1. The van der Waals surface area contributed by atoms with Gasteiger partial charge < -0.3 is 14.7 Å². The summed E-state index contributed by atoms with van der Waals surface area (Å²) in [7, 11) is 0. The maximum Gasteiger partial charge on any atom is 0.346 e. The first-order valence-corrected chi connectivity index (χ1v) is 9.24. The molecule has 3 heterocycles. The van der Waals surface area contributed by atoms with Crippen LogP contribution in [0.4, 0.5) is 0 Å². The zero-order valence-electron chi connectivity index (χ0n) is 13.7. The number of aryl methyl sites for hydroxylation is 2. The molecule has 0 radical (unpaired) electrons. The summed E-state index contributed by atoms with van der Waals surface area (Å²) >= 11 is 2.54. The molecular weight excluding hydrogens is 360 g/mol. The number of allylic oxidation sites excluding steroid dienone is 1. The number of H-pyrrole nitrogens is 1. The third kappa shape index (κ3) is 3.24. The van der Waals surface area contributed by atoms with Crippen molar-refractivity contribution < 1.29 is 9.90 Å². The van der Waals surface area contributed by atoms with Crippen molar-refractivity contribution in [3.05, 3.63) is 50.9 Å². The van der Waals surface area contributed by atoms with E-state index in [0.29, 0.717) is 22.7 Å². The minimum Gasteiger partial charge on any atom is -0.477 e. The molecule has 0 amide bonds. The van der Waals surface area contributed by atoms with E-state index in [9.17, 15) is 14.7 Å². The Morgan fingerprint density at radius 2 is 2.24 bits per heavy atom. The highest BCUT2D eigenvalue weighted by Crippen LogP contribution is 2.33. The molecule has 0 saturated heterocycles. The van der Waals surface area contributed by atoms with Crippen molar-refractivity contribution in [2.45, 2.75) is 31.3 Å². The van der Waals surface area contributed by atoms with Gasteiger partial charge in [-0.25, -0.2) is 4.79 Å². The monoisotopic (exact) mass is 376 g/mol. The molecule has 0 aromatic carbocycles. The van der Waals surface area contributed by atoms with Gasteiger partial charge in [-0.15, -0.1) is 28.1 Å². The van der Waals surface area contributed by atoms with Crippen LogP contribution in [0.5, 0.6) is 0 Å². The van der Waals surface area contributed by atoms with E-state index in [2.05, 4.69) is 21.8 Å². The number of carbonyl (C=O) groups is 1. The Hall–Kier alpha value is -2.39. The number of pyridine rings is 1. The van der Waals surface area contributed by atoms with Gasteiger partial charge in [-0.2, -0.15) is 0 Å². The largest absolute Gasteiger partial charge is 0.477 e. The average molecular weight is 376 g/mol. The Bertz CT molecular complexity index is 1030. The number of carboxylic acid groups (broad SMARTS) is 1. The summed E-state index contributed by atoms with van der Waals surface area (Å²) in [6.07, 6.45) is 1.77. The van der Waals surface area contributed by atoms with E-state index in [1.807, 2.05) is 11.5 Å². The lowest BCUT2D eigenvalue weighted by Crippen LogP contribution is -2.05. The molecule has 25 heavy (non-hydrogen) atoms. The number of nitrogens with one attached hydrogen (secondary N) is 1. The minimum atomic E-state index is -0.987. The second-order valence-electron chi connectivity index (χ2n) is 5.44. The van der Waals surface area contributed by atoms with Crippen molar-refractivity contribution >= 4 is 39.3 Å². The van der Waals surface area contributed by atoms with Gasteiger partial charge in [0.15, 0.2) is 5.16 Å². The topological polar surface area (TPSA) is 101 Å². The molecule has 9 heteroatoms. The number of thiophene rings is 1. The summed E-state index contributed by atoms with van der Waals surface area (Å²) in [5.74, 6) is 0.296. The van der Waals surface area contributed by atoms with E-state index < -0.39 is 5.97 Å². The van der Waals surface area contributed by atoms with Crippen LogP contribution in [-0.2, 0) is 12.3 Å². The van der Waals surface area contributed by atoms with Crippen LogP contribution in [0.25, 0.3) is 10.2 Å². The Labute approximate surface area is 151 Å². The van der Waals surface area contributed by atoms with Crippen LogP contribution >= 0.6 is 23.1 Å². The number of nitrogens with zero attached hydrogens (tertiary/aromatic N) is 3. The minimum absolute atomic E-state index is 0.244. The lowest BCUT2D eigenvalue weighted by molar-refractivity contribution is 0.0701. The number of carboxylic acids is 1. The van der Waals surface area contributed by atoms with Crippen molar-refractivity contribution in [2.75, 3.05) is 0 Å².